The first kappa shape index (κ1) is 16.3. The molecule has 118 valence electrons. The van der Waals surface area contributed by atoms with Crippen LogP contribution in [0.3, 0.4) is 0 Å². The third-order valence-electron chi connectivity index (χ3n) is 4.69. The van der Waals surface area contributed by atoms with E-state index in [0.717, 1.165) is 38.7 Å². The Labute approximate surface area is 124 Å². The Morgan fingerprint density at radius 1 is 1.30 bits per heavy atom. The van der Waals surface area contributed by atoms with E-state index in [1.807, 2.05) is 0 Å². The van der Waals surface area contributed by atoms with Crippen molar-refractivity contribution >= 4 is 0 Å². The van der Waals surface area contributed by atoms with Crippen LogP contribution in [0.15, 0.2) is 0 Å². The highest BCUT2D eigenvalue weighted by Crippen LogP contribution is 2.50. The van der Waals surface area contributed by atoms with E-state index in [1.165, 1.54) is 25.7 Å². The van der Waals surface area contributed by atoms with Gasteiger partial charge in [0.25, 0.3) is 0 Å². The van der Waals surface area contributed by atoms with E-state index in [4.69, 9.17) is 9.47 Å². The first-order valence-corrected chi connectivity index (χ1v) is 8.41. The zero-order valence-corrected chi connectivity index (χ0v) is 13.8. The molecule has 2 fully saturated rings. The lowest BCUT2D eigenvalue weighted by Gasteiger charge is -2.37. The minimum absolute atomic E-state index is 0.184. The maximum absolute atomic E-state index is 6.13. The fraction of sp³-hybridized carbons (Fsp3) is 1.00. The summed E-state index contributed by atoms with van der Waals surface area (Å²) >= 11 is 0. The molecule has 0 radical (unpaired) electrons. The van der Waals surface area contributed by atoms with Crippen molar-refractivity contribution in [3.8, 4) is 0 Å². The zero-order chi connectivity index (χ0) is 14.6. The quantitative estimate of drug-likeness (QED) is 0.693. The molecule has 20 heavy (non-hydrogen) atoms. The molecule has 3 nitrogen and oxygen atoms in total. The third kappa shape index (κ3) is 4.44. The van der Waals surface area contributed by atoms with Crippen LogP contribution in [0.25, 0.3) is 0 Å². The second-order valence-electron chi connectivity index (χ2n) is 7.65. The fourth-order valence-corrected chi connectivity index (χ4v) is 3.40. The van der Waals surface area contributed by atoms with Gasteiger partial charge < -0.3 is 14.8 Å². The largest absolute Gasteiger partial charge is 0.382 e. The van der Waals surface area contributed by atoms with Crippen molar-refractivity contribution in [2.75, 3.05) is 26.4 Å². The van der Waals surface area contributed by atoms with Crippen LogP contribution < -0.4 is 5.32 Å². The summed E-state index contributed by atoms with van der Waals surface area (Å²) in [4.78, 5) is 0. The Kier molecular flexibility index (Phi) is 5.49. The Morgan fingerprint density at radius 3 is 2.65 bits per heavy atom. The molecule has 1 saturated heterocycles. The smallest absolute Gasteiger partial charge is 0.0672 e. The molecule has 0 aromatic carbocycles. The summed E-state index contributed by atoms with van der Waals surface area (Å²) in [6.07, 6.45) is 6.83. The second-order valence-corrected chi connectivity index (χ2v) is 7.65. The van der Waals surface area contributed by atoms with Gasteiger partial charge in [-0.2, -0.15) is 0 Å². The Hall–Kier alpha value is -0.120. The van der Waals surface area contributed by atoms with Crippen molar-refractivity contribution in [1.82, 2.24) is 5.32 Å². The molecule has 1 saturated carbocycles. The van der Waals surface area contributed by atoms with E-state index in [9.17, 15) is 0 Å². The van der Waals surface area contributed by atoms with Crippen molar-refractivity contribution in [3.63, 3.8) is 0 Å². The van der Waals surface area contributed by atoms with Crippen molar-refractivity contribution in [2.45, 2.75) is 71.4 Å². The minimum atomic E-state index is 0.184. The van der Waals surface area contributed by atoms with Gasteiger partial charge in [-0.15, -0.1) is 0 Å². The molecule has 2 atom stereocenters. The second kappa shape index (κ2) is 6.76. The van der Waals surface area contributed by atoms with E-state index in [0.29, 0.717) is 11.5 Å². The monoisotopic (exact) mass is 283 g/mol. The van der Waals surface area contributed by atoms with Gasteiger partial charge in [0.2, 0.25) is 0 Å². The number of hydrogen-bond donors (Lipinski definition) is 1. The average Bonchev–Trinajstić information content (AvgIpc) is 3.13. The van der Waals surface area contributed by atoms with Gasteiger partial charge in [0.1, 0.15) is 0 Å². The van der Waals surface area contributed by atoms with Crippen molar-refractivity contribution in [2.24, 2.45) is 11.3 Å². The molecule has 0 aromatic rings. The van der Waals surface area contributed by atoms with Crippen LogP contribution in [0.2, 0.25) is 0 Å². The first-order chi connectivity index (χ1) is 9.47. The molecule has 2 unspecified atom stereocenters. The van der Waals surface area contributed by atoms with Crippen LogP contribution in [0.1, 0.15) is 59.8 Å². The zero-order valence-electron chi connectivity index (χ0n) is 13.8. The van der Waals surface area contributed by atoms with Crippen LogP contribution in [0, 0.1) is 11.3 Å². The first-order valence-electron chi connectivity index (χ1n) is 8.41. The molecule has 2 aliphatic rings. The fourth-order valence-electron chi connectivity index (χ4n) is 3.40. The molecule has 0 bridgehead atoms. The normalized spacial score (nSPS) is 30.9. The maximum Gasteiger partial charge on any atom is 0.0672 e. The van der Waals surface area contributed by atoms with Gasteiger partial charge in [-0.1, -0.05) is 0 Å². The number of rotatable bonds is 8. The van der Waals surface area contributed by atoms with Crippen molar-refractivity contribution in [3.05, 3.63) is 0 Å². The summed E-state index contributed by atoms with van der Waals surface area (Å²) < 4.78 is 11.7. The summed E-state index contributed by atoms with van der Waals surface area (Å²) in [5.41, 5.74) is 0.523. The predicted octanol–water partition coefficient (Wildman–Crippen LogP) is 3.38. The van der Waals surface area contributed by atoms with E-state index < -0.39 is 0 Å². The van der Waals surface area contributed by atoms with Gasteiger partial charge in [0.15, 0.2) is 0 Å². The molecule has 0 aromatic heterocycles. The van der Waals surface area contributed by atoms with E-state index in [2.05, 4.69) is 33.0 Å². The van der Waals surface area contributed by atoms with Crippen LogP contribution in [0.5, 0.6) is 0 Å². The standard InChI is InChI=1S/C17H33NO2/c1-5-19-11-6-9-17(13-18-16(2,3)4)10-12-20-15(17)14-7-8-14/h14-15,18H,5-13H2,1-4H3. The van der Waals surface area contributed by atoms with Gasteiger partial charge in [-0.05, 0) is 65.7 Å². The maximum atomic E-state index is 6.13. The number of nitrogens with one attached hydrogen (secondary N) is 1. The Bertz CT molecular complexity index is 296. The summed E-state index contributed by atoms with van der Waals surface area (Å²) in [7, 11) is 0. The van der Waals surface area contributed by atoms with E-state index in [1.54, 1.807) is 0 Å². The highest BCUT2D eigenvalue weighted by molar-refractivity contribution is 5.01. The summed E-state index contributed by atoms with van der Waals surface area (Å²) in [5.74, 6) is 0.825. The predicted molar refractivity (Wildman–Crippen MR) is 83.0 cm³/mol. The molecule has 1 aliphatic carbocycles. The van der Waals surface area contributed by atoms with Crippen LogP contribution >= 0.6 is 0 Å². The van der Waals surface area contributed by atoms with Crippen molar-refractivity contribution < 1.29 is 9.47 Å². The lowest BCUT2D eigenvalue weighted by Crippen LogP contribution is -2.48. The highest BCUT2D eigenvalue weighted by Gasteiger charge is 2.50. The molecule has 0 amide bonds. The van der Waals surface area contributed by atoms with Crippen LogP contribution in [-0.2, 0) is 9.47 Å². The van der Waals surface area contributed by atoms with Crippen molar-refractivity contribution in [1.29, 1.82) is 0 Å². The molecule has 0 spiro atoms. The molecular weight excluding hydrogens is 250 g/mol. The highest BCUT2D eigenvalue weighted by atomic mass is 16.5. The molecule has 1 N–H and O–H groups in total. The average molecular weight is 283 g/mol. The third-order valence-corrected chi connectivity index (χ3v) is 4.69. The van der Waals surface area contributed by atoms with Gasteiger partial charge >= 0.3 is 0 Å². The van der Waals surface area contributed by atoms with E-state index in [-0.39, 0.29) is 5.54 Å². The molecule has 3 heteroatoms. The SMILES string of the molecule is CCOCCCC1(CNC(C)(C)C)CCOC1C1CC1. The molecule has 2 rings (SSSR count). The minimum Gasteiger partial charge on any atom is -0.382 e. The molecule has 1 heterocycles. The lowest BCUT2D eigenvalue weighted by molar-refractivity contribution is 0.0183. The summed E-state index contributed by atoms with van der Waals surface area (Å²) in [6.45, 7) is 12.6. The van der Waals surface area contributed by atoms with Gasteiger partial charge in [0, 0.05) is 37.3 Å². The lowest BCUT2D eigenvalue weighted by atomic mass is 9.74. The van der Waals surface area contributed by atoms with Gasteiger partial charge in [0.05, 0.1) is 6.10 Å². The van der Waals surface area contributed by atoms with Crippen LogP contribution in [0.4, 0.5) is 0 Å². The summed E-state index contributed by atoms with van der Waals surface area (Å²) in [5, 5.41) is 3.74. The molecular formula is C17H33NO2. The van der Waals surface area contributed by atoms with Crippen LogP contribution in [-0.4, -0.2) is 38.0 Å². The summed E-state index contributed by atoms with van der Waals surface area (Å²) in [6, 6.07) is 0. The Balaban J connectivity index is 1.94. The number of hydrogen-bond acceptors (Lipinski definition) is 3. The van der Waals surface area contributed by atoms with Gasteiger partial charge in [-0.3, -0.25) is 0 Å². The topological polar surface area (TPSA) is 30.5 Å². The Morgan fingerprint density at radius 2 is 2.05 bits per heavy atom. The van der Waals surface area contributed by atoms with Gasteiger partial charge in [-0.25, -0.2) is 0 Å². The van der Waals surface area contributed by atoms with E-state index >= 15 is 0 Å². The molecule has 1 aliphatic heterocycles. The number of ether oxygens (including phenoxy) is 2.